The second kappa shape index (κ2) is 5.24. The van der Waals surface area contributed by atoms with Gasteiger partial charge in [-0.2, -0.15) is 13.2 Å². The van der Waals surface area contributed by atoms with Crippen LogP contribution in [0.2, 0.25) is 0 Å². The fraction of sp³-hybridized carbons (Fsp3) is 0.500. The van der Waals surface area contributed by atoms with Gasteiger partial charge in [0.15, 0.2) is 0 Å². The topological polar surface area (TPSA) is 17.3 Å². The van der Waals surface area contributed by atoms with Crippen molar-refractivity contribution in [2.45, 2.75) is 12.7 Å². The van der Waals surface area contributed by atoms with Crippen LogP contribution < -0.4 is 5.32 Å². The van der Waals surface area contributed by atoms with Crippen molar-refractivity contribution in [2.75, 3.05) is 26.2 Å². The number of hydrogen-bond donors (Lipinski definition) is 0. The number of piperazine rings is 1. The standard InChI is InChI=1S/C12H13F4N2/c13-11-3-1-2-10(12(14,15)16)9(11)8-18-6-4-17-5-7-18/h1-3H,4-8H2. The van der Waals surface area contributed by atoms with E-state index in [-0.39, 0.29) is 12.1 Å². The van der Waals surface area contributed by atoms with E-state index in [1.54, 1.807) is 4.90 Å². The number of halogens is 4. The Morgan fingerprint density at radius 3 is 2.44 bits per heavy atom. The fourth-order valence-corrected chi connectivity index (χ4v) is 2.01. The first-order valence-electron chi connectivity index (χ1n) is 5.68. The zero-order chi connectivity index (χ0) is 13.2. The minimum Gasteiger partial charge on any atom is -0.296 e. The summed E-state index contributed by atoms with van der Waals surface area (Å²) in [6.07, 6.45) is -4.52. The zero-order valence-electron chi connectivity index (χ0n) is 9.67. The van der Waals surface area contributed by atoms with Crippen LogP contribution in [0.5, 0.6) is 0 Å². The minimum atomic E-state index is -4.52. The first-order valence-corrected chi connectivity index (χ1v) is 5.68. The maximum absolute atomic E-state index is 13.6. The van der Waals surface area contributed by atoms with Crippen molar-refractivity contribution in [3.63, 3.8) is 0 Å². The number of alkyl halides is 3. The van der Waals surface area contributed by atoms with Crippen LogP contribution in [0.4, 0.5) is 17.6 Å². The van der Waals surface area contributed by atoms with Crippen molar-refractivity contribution in [3.8, 4) is 0 Å². The van der Waals surface area contributed by atoms with Crippen LogP contribution in [0.1, 0.15) is 11.1 Å². The van der Waals surface area contributed by atoms with Crippen molar-refractivity contribution in [1.82, 2.24) is 10.2 Å². The summed E-state index contributed by atoms with van der Waals surface area (Å²) < 4.78 is 51.9. The van der Waals surface area contributed by atoms with Crippen molar-refractivity contribution in [3.05, 3.63) is 35.1 Å². The molecule has 1 aliphatic heterocycles. The lowest BCUT2D eigenvalue weighted by Gasteiger charge is -2.27. The Labute approximate surface area is 103 Å². The van der Waals surface area contributed by atoms with Gasteiger partial charge in [0.1, 0.15) is 5.82 Å². The Morgan fingerprint density at radius 2 is 1.83 bits per heavy atom. The molecule has 1 aromatic rings. The fourth-order valence-electron chi connectivity index (χ4n) is 2.01. The molecule has 0 saturated carbocycles. The average Bonchev–Trinajstić information content (AvgIpc) is 2.32. The average molecular weight is 261 g/mol. The zero-order valence-corrected chi connectivity index (χ0v) is 9.67. The van der Waals surface area contributed by atoms with Gasteiger partial charge in [-0.25, -0.2) is 9.71 Å². The van der Waals surface area contributed by atoms with Crippen LogP contribution >= 0.6 is 0 Å². The molecule has 0 unspecified atom stereocenters. The number of hydrogen-bond acceptors (Lipinski definition) is 1. The highest BCUT2D eigenvalue weighted by molar-refractivity contribution is 5.31. The summed E-state index contributed by atoms with van der Waals surface area (Å²) in [6, 6.07) is 3.08. The lowest BCUT2D eigenvalue weighted by atomic mass is 10.1. The third kappa shape index (κ3) is 3.00. The highest BCUT2D eigenvalue weighted by Crippen LogP contribution is 2.33. The van der Waals surface area contributed by atoms with E-state index < -0.39 is 17.6 Å². The molecule has 0 aromatic heterocycles. The lowest BCUT2D eigenvalue weighted by molar-refractivity contribution is -0.138. The summed E-state index contributed by atoms with van der Waals surface area (Å²) >= 11 is 0. The normalized spacial score (nSPS) is 18.0. The summed E-state index contributed by atoms with van der Waals surface area (Å²) in [5.41, 5.74) is -1.16. The molecule has 1 saturated heterocycles. The first-order chi connectivity index (χ1) is 8.48. The molecule has 18 heavy (non-hydrogen) atoms. The summed E-state index contributed by atoms with van der Waals surface area (Å²) in [5, 5.41) is 4.10. The van der Waals surface area contributed by atoms with Crippen LogP contribution in [0.15, 0.2) is 18.2 Å². The molecule has 0 bridgehead atoms. The van der Waals surface area contributed by atoms with Crippen molar-refractivity contribution >= 4 is 0 Å². The van der Waals surface area contributed by atoms with Crippen LogP contribution in [-0.4, -0.2) is 31.1 Å². The second-order valence-electron chi connectivity index (χ2n) is 4.21. The molecule has 1 aromatic carbocycles. The highest BCUT2D eigenvalue weighted by Gasteiger charge is 2.34. The van der Waals surface area contributed by atoms with Gasteiger partial charge < -0.3 is 0 Å². The van der Waals surface area contributed by atoms with E-state index in [2.05, 4.69) is 5.32 Å². The Hall–Kier alpha value is -1.14. The molecular formula is C12H13F4N2. The molecule has 1 fully saturated rings. The van der Waals surface area contributed by atoms with Crippen LogP contribution in [0.3, 0.4) is 0 Å². The van der Waals surface area contributed by atoms with Gasteiger partial charge in [-0.1, -0.05) is 6.07 Å². The van der Waals surface area contributed by atoms with Gasteiger partial charge in [0, 0.05) is 38.3 Å². The maximum atomic E-state index is 13.6. The highest BCUT2D eigenvalue weighted by atomic mass is 19.4. The Bertz CT molecular complexity index is 411. The lowest BCUT2D eigenvalue weighted by Crippen LogP contribution is -2.40. The third-order valence-corrected chi connectivity index (χ3v) is 2.95. The summed E-state index contributed by atoms with van der Waals surface area (Å²) in [6.45, 7) is 2.32. The number of rotatable bonds is 2. The molecule has 1 radical (unpaired) electrons. The molecule has 0 atom stereocenters. The maximum Gasteiger partial charge on any atom is 0.416 e. The Kier molecular flexibility index (Phi) is 3.87. The smallest absolute Gasteiger partial charge is 0.296 e. The van der Waals surface area contributed by atoms with Gasteiger partial charge in [-0.15, -0.1) is 0 Å². The van der Waals surface area contributed by atoms with Gasteiger partial charge in [0.25, 0.3) is 0 Å². The van der Waals surface area contributed by atoms with Crippen LogP contribution in [0, 0.1) is 5.82 Å². The predicted octanol–water partition coefficient (Wildman–Crippen LogP) is 2.26. The molecule has 2 rings (SSSR count). The van der Waals surface area contributed by atoms with E-state index in [1.807, 2.05) is 0 Å². The van der Waals surface area contributed by atoms with Crippen molar-refractivity contribution in [1.29, 1.82) is 0 Å². The summed E-state index contributed by atoms with van der Waals surface area (Å²) in [4.78, 5) is 1.79. The predicted molar refractivity (Wildman–Crippen MR) is 58.5 cm³/mol. The van der Waals surface area contributed by atoms with E-state index >= 15 is 0 Å². The molecule has 1 heterocycles. The number of nitrogens with zero attached hydrogens (tertiary/aromatic N) is 2. The molecule has 6 heteroatoms. The third-order valence-electron chi connectivity index (χ3n) is 2.95. The molecular weight excluding hydrogens is 248 g/mol. The van der Waals surface area contributed by atoms with Gasteiger partial charge in [0.05, 0.1) is 5.56 Å². The summed E-state index contributed by atoms with van der Waals surface area (Å²) in [5.74, 6) is -0.799. The summed E-state index contributed by atoms with van der Waals surface area (Å²) in [7, 11) is 0. The van der Waals surface area contributed by atoms with Crippen molar-refractivity contribution in [2.24, 2.45) is 0 Å². The van der Waals surface area contributed by atoms with E-state index in [0.29, 0.717) is 26.2 Å². The number of benzene rings is 1. The Balaban J connectivity index is 2.25. The molecule has 0 N–H and O–H groups in total. The van der Waals surface area contributed by atoms with E-state index in [1.165, 1.54) is 0 Å². The molecule has 1 aliphatic rings. The van der Waals surface area contributed by atoms with E-state index in [0.717, 1.165) is 18.2 Å². The van der Waals surface area contributed by atoms with Gasteiger partial charge >= 0.3 is 6.18 Å². The minimum absolute atomic E-state index is 0.0168. The van der Waals surface area contributed by atoms with Crippen LogP contribution in [-0.2, 0) is 12.7 Å². The monoisotopic (exact) mass is 261 g/mol. The van der Waals surface area contributed by atoms with E-state index in [9.17, 15) is 17.6 Å². The Morgan fingerprint density at radius 1 is 1.17 bits per heavy atom. The van der Waals surface area contributed by atoms with Crippen molar-refractivity contribution < 1.29 is 17.6 Å². The van der Waals surface area contributed by atoms with Crippen LogP contribution in [0.25, 0.3) is 0 Å². The largest absolute Gasteiger partial charge is 0.416 e. The molecule has 2 nitrogen and oxygen atoms in total. The molecule has 0 aliphatic carbocycles. The van der Waals surface area contributed by atoms with E-state index in [4.69, 9.17) is 0 Å². The second-order valence-corrected chi connectivity index (χ2v) is 4.21. The first kappa shape index (κ1) is 13.3. The molecule has 0 spiro atoms. The van der Waals surface area contributed by atoms with Gasteiger partial charge in [-0.05, 0) is 12.1 Å². The molecule has 0 amide bonds. The van der Waals surface area contributed by atoms with Gasteiger partial charge in [-0.3, -0.25) is 4.90 Å². The van der Waals surface area contributed by atoms with Gasteiger partial charge in [0.2, 0.25) is 0 Å². The quantitative estimate of drug-likeness (QED) is 0.746. The molecule has 99 valence electrons. The SMILES string of the molecule is Fc1cccc(C(F)(F)F)c1CN1CC[N]CC1.